The lowest BCUT2D eigenvalue weighted by Crippen LogP contribution is -2.48. The minimum absolute atomic E-state index is 0.0404. The van der Waals surface area contributed by atoms with Crippen molar-refractivity contribution in [1.29, 1.82) is 0 Å². The van der Waals surface area contributed by atoms with Gasteiger partial charge in [-0.3, -0.25) is 4.79 Å². The fourth-order valence-electron chi connectivity index (χ4n) is 4.44. The Balaban J connectivity index is 1.56. The summed E-state index contributed by atoms with van der Waals surface area (Å²) >= 11 is 0. The predicted octanol–water partition coefficient (Wildman–Crippen LogP) is 4.98. The molecule has 0 saturated heterocycles. The molecule has 0 bridgehead atoms. The van der Waals surface area contributed by atoms with Gasteiger partial charge >= 0.3 is 6.03 Å². The van der Waals surface area contributed by atoms with E-state index >= 15 is 0 Å². The molecule has 3 aromatic rings. The number of fused-ring (bicyclic) bond motifs is 1. The first-order valence-corrected chi connectivity index (χ1v) is 11.6. The Kier molecular flexibility index (Phi) is 6.82. The molecular formula is C27H32N4O2. The number of carbonyl (C=O) groups is 2. The number of aryl methyl sites for hydroxylation is 2. The van der Waals surface area contributed by atoms with Gasteiger partial charge < -0.3 is 19.7 Å². The van der Waals surface area contributed by atoms with Gasteiger partial charge in [-0.1, -0.05) is 55.0 Å². The number of hydrogen-bond acceptors (Lipinski definition) is 2. The average Bonchev–Trinajstić information content (AvgIpc) is 3.29. The van der Waals surface area contributed by atoms with Crippen molar-refractivity contribution in [1.82, 2.24) is 14.4 Å². The number of para-hydroxylation sites is 1. The minimum atomic E-state index is -0.244. The maximum atomic E-state index is 13.6. The fourth-order valence-corrected chi connectivity index (χ4v) is 4.44. The van der Waals surface area contributed by atoms with E-state index in [1.54, 1.807) is 4.90 Å². The van der Waals surface area contributed by atoms with Crippen LogP contribution in [0.25, 0.3) is 0 Å². The molecule has 2 heterocycles. The number of rotatable bonds is 6. The van der Waals surface area contributed by atoms with Gasteiger partial charge in [0.05, 0.1) is 6.04 Å². The van der Waals surface area contributed by atoms with Crippen LogP contribution in [0, 0.1) is 13.8 Å². The first-order valence-electron chi connectivity index (χ1n) is 11.6. The molecule has 0 fully saturated rings. The van der Waals surface area contributed by atoms with Crippen molar-refractivity contribution >= 4 is 17.6 Å². The van der Waals surface area contributed by atoms with Crippen LogP contribution in [-0.4, -0.2) is 45.9 Å². The first kappa shape index (κ1) is 22.6. The molecular weight excluding hydrogens is 412 g/mol. The van der Waals surface area contributed by atoms with Crippen LogP contribution >= 0.6 is 0 Å². The molecule has 6 nitrogen and oxygen atoms in total. The highest BCUT2D eigenvalue weighted by atomic mass is 16.2. The van der Waals surface area contributed by atoms with Crippen LogP contribution in [0.15, 0.2) is 66.9 Å². The van der Waals surface area contributed by atoms with E-state index in [1.165, 1.54) is 5.56 Å². The molecule has 0 saturated carbocycles. The Labute approximate surface area is 195 Å². The van der Waals surface area contributed by atoms with Crippen LogP contribution in [0.1, 0.15) is 41.8 Å². The van der Waals surface area contributed by atoms with Crippen molar-refractivity contribution in [2.45, 2.75) is 39.8 Å². The highest BCUT2D eigenvalue weighted by Gasteiger charge is 2.33. The Hall–Kier alpha value is -3.54. The molecule has 4 rings (SSSR count). The van der Waals surface area contributed by atoms with Crippen LogP contribution in [0.3, 0.4) is 0 Å². The van der Waals surface area contributed by atoms with Gasteiger partial charge in [-0.05, 0) is 49.6 Å². The van der Waals surface area contributed by atoms with Crippen molar-refractivity contribution in [3.05, 3.63) is 89.2 Å². The average molecular weight is 445 g/mol. The molecule has 1 unspecified atom stereocenters. The topological polar surface area (TPSA) is 57.6 Å². The molecule has 1 N–H and O–H groups in total. The third-order valence-electron chi connectivity index (χ3n) is 6.25. The maximum absolute atomic E-state index is 13.6. The van der Waals surface area contributed by atoms with E-state index in [0.29, 0.717) is 13.1 Å². The summed E-state index contributed by atoms with van der Waals surface area (Å²) in [6.45, 7) is 7.96. The number of nitrogens with one attached hydrogen (secondary N) is 1. The van der Waals surface area contributed by atoms with E-state index in [9.17, 15) is 9.59 Å². The van der Waals surface area contributed by atoms with Gasteiger partial charge in [0.25, 0.3) is 0 Å². The summed E-state index contributed by atoms with van der Waals surface area (Å²) in [5.41, 5.74) is 5.13. The zero-order valence-electron chi connectivity index (χ0n) is 19.6. The van der Waals surface area contributed by atoms with E-state index in [1.807, 2.05) is 49.1 Å². The summed E-state index contributed by atoms with van der Waals surface area (Å²) in [5, 5.41) is 2.98. The summed E-state index contributed by atoms with van der Waals surface area (Å²) in [6.07, 6.45) is 2.84. The molecule has 1 atom stereocenters. The number of amides is 3. The lowest BCUT2D eigenvalue weighted by atomic mass is 9.98. The molecule has 0 spiro atoms. The summed E-state index contributed by atoms with van der Waals surface area (Å²) in [6, 6.07) is 19.7. The highest BCUT2D eigenvalue weighted by Crippen LogP contribution is 2.32. The normalized spacial score (nSPS) is 15.1. The van der Waals surface area contributed by atoms with Gasteiger partial charge in [0, 0.05) is 37.2 Å². The van der Waals surface area contributed by atoms with Gasteiger partial charge in [0.1, 0.15) is 6.54 Å². The second kappa shape index (κ2) is 9.94. The van der Waals surface area contributed by atoms with Gasteiger partial charge in [0.15, 0.2) is 0 Å². The third kappa shape index (κ3) is 4.95. The largest absolute Gasteiger partial charge is 0.348 e. The Morgan fingerprint density at radius 2 is 1.76 bits per heavy atom. The maximum Gasteiger partial charge on any atom is 0.322 e. The Morgan fingerprint density at radius 3 is 2.48 bits per heavy atom. The van der Waals surface area contributed by atoms with Crippen molar-refractivity contribution in [3.63, 3.8) is 0 Å². The highest BCUT2D eigenvalue weighted by molar-refractivity contribution is 5.93. The molecule has 33 heavy (non-hydrogen) atoms. The monoisotopic (exact) mass is 444 g/mol. The van der Waals surface area contributed by atoms with Crippen LogP contribution in [0.5, 0.6) is 0 Å². The second-order valence-electron chi connectivity index (χ2n) is 8.69. The quantitative estimate of drug-likeness (QED) is 0.583. The molecule has 0 radical (unpaired) electrons. The van der Waals surface area contributed by atoms with E-state index in [2.05, 4.69) is 53.3 Å². The first-order chi connectivity index (χ1) is 16.0. The van der Waals surface area contributed by atoms with Crippen molar-refractivity contribution in [2.24, 2.45) is 0 Å². The van der Waals surface area contributed by atoms with E-state index in [-0.39, 0.29) is 24.5 Å². The summed E-state index contributed by atoms with van der Waals surface area (Å²) in [5.74, 6) is -0.0404. The Morgan fingerprint density at radius 1 is 1.00 bits per heavy atom. The van der Waals surface area contributed by atoms with Gasteiger partial charge in [-0.25, -0.2) is 4.79 Å². The van der Waals surface area contributed by atoms with Crippen molar-refractivity contribution in [2.75, 3.05) is 25.0 Å². The lowest BCUT2D eigenvalue weighted by molar-refractivity contribution is -0.134. The summed E-state index contributed by atoms with van der Waals surface area (Å²) in [4.78, 5) is 30.2. The van der Waals surface area contributed by atoms with Gasteiger partial charge in [0.2, 0.25) is 5.91 Å². The molecule has 3 amide bonds. The standard InChI is InChI=1S/C27H32N4O2/c1-4-15-30(27(33)28-23-9-6-5-8-21(23)3)19-25(32)31-18-17-29-16-7-10-24(29)26(31)22-13-11-20(2)12-14-22/h5-14,16,26H,4,15,17-19H2,1-3H3,(H,28,33). The number of aromatic nitrogens is 1. The smallest absolute Gasteiger partial charge is 0.322 e. The number of hydrogen-bond donors (Lipinski definition) is 1. The Bertz CT molecular complexity index is 1120. The third-order valence-corrected chi connectivity index (χ3v) is 6.25. The zero-order chi connectivity index (χ0) is 23.4. The predicted molar refractivity (Wildman–Crippen MR) is 131 cm³/mol. The fraction of sp³-hybridized carbons (Fsp3) is 0.333. The molecule has 1 aromatic heterocycles. The lowest BCUT2D eigenvalue weighted by Gasteiger charge is -2.38. The van der Waals surface area contributed by atoms with Crippen LogP contribution < -0.4 is 5.32 Å². The zero-order valence-corrected chi connectivity index (χ0v) is 19.6. The number of anilines is 1. The number of nitrogens with zero attached hydrogens (tertiary/aromatic N) is 3. The van der Waals surface area contributed by atoms with Gasteiger partial charge in [-0.2, -0.15) is 0 Å². The molecule has 6 heteroatoms. The summed E-state index contributed by atoms with van der Waals surface area (Å²) < 4.78 is 2.21. The SMILES string of the molecule is CCCN(CC(=O)N1CCn2cccc2C1c1ccc(C)cc1)C(=O)Nc1ccccc1C. The molecule has 1 aliphatic heterocycles. The van der Waals surface area contributed by atoms with Crippen LogP contribution in [-0.2, 0) is 11.3 Å². The molecule has 172 valence electrons. The number of benzene rings is 2. The minimum Gasteiger partial charge on any atom is -0.348 e. The van der Waals surface area contributed by atoms with E-state index in [4.69, 9.17) is 0 Å². The van der Waals surface area contributed by atoms with Crippen LogP contribution in [0.2, 0.25) is 0 Å². The number of urea groups is 1. The molecule has 2 aromatic carbocycles. The van der Waals surface area contributed by atoms with Gasteiger partial charge in [-0.15, -0.1) is 0 Å². The summed E-state index contributed by atoms with van der Waals surface area (Å²) in [7, 11) is 0. The van der Waals surface area contributed by atoms with Crippen molar-refractivity contribution < 1.29 is 9.59 Å². The second-order valence-corrected chi connectivity index (χ2v) is 8.69. The van der Waals surface area contributed by atoms with E-state index < -0.39 is 0 Å². The number of carbonyl (C=O) groups excluding carboxylic acids is 2. The molecule has 0 aliphatic carbocycles. The van der Waals surface area contributed by atoms with Crippen molar-refractivity contribution in [3.8, 4) is 0 Å². The van der Waals surface area contributed by atoms with E-state index in [0.717, 1.165) is 35.5 Å². The molecule has 1 aliphatic rings. The van der Waals surface area contributed by atoms with Crippen LogP contribution in [0.4, 0.5) is 10.5 Å².